The first-order valence-electron chi connectivity index (χ1n) is 4.52. The van der Waals surface area contributed by atoms with E-state index in [9.17, 15) is 4.79 Å². The highest BCUT2D eigenvalue weighted by Gasteiger charge is 2.10. The second-order valence-corrected chi connectivity index (χ2v) is 4.24. The summed E-state index contributed by atoms with van der Waals surface area (Å²) in [5, 5.41) is 11.0. The van der Waals surface area contributed by atoms with Crippen molar-refractivity contribution in [2.24, 2.45) is 0 Å². The fourth-order valence-electron chi connectivity index (χ4n) is 1.74. The van der Waals surface area contributed by atoms with E-state index >= 15 is 0 Å². The van der Waals surface area contributed by atoms with Crippen LogP contribution in [0.3, 0.4) is 0 Å². The Kier molecular flexibility index (Phi) is 2.49. The minimum atomic E-state index is -0.884. The number of hydrogen-bond acceptors (Lipinski definition) is 1. The zero-order valence-corrected chi connectivity index (χ0v) is 9.71. The number of aryl methyl sites for hydroxylation is 1. The monoisotopic (exact) mass is 264 g/mol. The molecular weight excluding hydrogens is 256 g/mol. The Morgan fingerprint density at radius 1 is 1.27 bits per heavy atom. The summed E-state index contributed by atoms with van der Waals surface area (Å²) in [6, 6.07) is 9.30. The second kappa shape index (κ2) is 3.66. The number of rotatable bonds is 1. The number of hydrogen-bond donors (Lipinski definition) is 1. The molecule has 0 amide bonds. The average molecular weight is 265 g/mol. The Morgan fingerprint density at radius 3 is 2.67 bits per heavy atom. The first-order valence-corrected chi connectivity index (χ1v) is 5.31. The molecule has 0 unspecified atom stereocenters. The van der Waals surface area contributed by atoms with Gasteiger partial charge in [0.25, 0.3) is 0 Å². The number of carbonyl (C=O) groups is 1. The predicted molar refractivity (Wildman–Crippen MR) is 63.3 cm³/mol. The molecule has 0 radical (unpaired) electrons. The van der Waals surface area contributed by atoms with Crippen LogP contribution < -0.4 is 0 Å². The molecule has 0 heterocycles. The molecule has 0 atom stereocenters. The maximum absolute atomic E-state index is 11.0. The van der Waals surface area contributed by atoms with Crippen LogP contribution in [0.1, 0.15) is 15.9 Å². The van der Waals surface area contributed by atoms with Crippen molar-refractivity contribution in [3.63, 3.8) is 0 Å². The molecule has 1 N–H and O–H groups in total. The van der Waals surface area contributed by atoms with Crippen LogP contribution in [0, 0.1) is 6.92 Å². The van der Waals surface area contributed by atoms with E-state index < -0.39 is 5.97 Å². The van der Waals surface area contributed by atoms with Crippen LogP contribution in [0.2, 0.25) is 0 Å². The van der Waals surface area contributed by atoms with Crippen molar-refractivity contribution in [3.8, 4) is 0 Å². The van der Waals surface area contributed by atoms with Gasteiger partial charge in [-0.25, -0.2) is 4.79 Å². The molecule has 0 aliphatic carbocycles. The Hall–Kier alpha value is -1.35. The summed E-state index contributed by atoms with van der Waals surface area (Å²) in [6.07, 6.45) is 0. The summed E-state index contributed by atoms with van der Waals surface area (Å²) in [6.45, 7) is 1.83. The van der Waals surface area contributed by atoms with Crippen LogP contribution in [0.25, 0.3) is 10.8 Å². The number of benzene rings is 2. The molecule has 76 valence electrons. The molecule has 15 heavy (non-hydrogen) atoms. The average Bonchev–Trinajstić information content (AvgIpc) is 2.17. The van der Waals surface area contributed by atoms with Crippen molar-refractivity contribution >= 4 is 32.7 Å². The highest BCUT2D eigenvalue weighted by molar-refractivity contribution is 9.10. The highest BCUT2D eigenvalue weighted by Crippen LogP contribution is 2.28. The Balaban J connectivity index is 2.89. The first-order chi connectivity index (χ1) is 7.11. The molecule has 2 aromatic carbocycles. The molecule has 0 saturated carbocycles. The minimum absolute atomic E-state index is 0.356. The van der Waals surface area contributed by atoms with Gasteiger partial charge < -0.3 is 5.11 Å². The molecule has 0 aliphatic heterocycles. The minimum Gasteiger partial charge on any atom is -0.478 e. The van der Waals surface area contributed by atoms with E-state index in [2.05, 4.69) is 15.9 Å². The topological polar surface area (TPSA) is 37.3 Å². The Labute approximate surface area is 95.7 Å². The molecule has 3 heteroatoms. The molecule has 0 aliphatic rings. The lowest BCUT2D eigenvalue weighted by Gasteiger charge is -2.07. The highest BCUT2D eigenvalue weighted by atomic mass is 79.9. The Morgan fingerprint density at radius 2 is 2.00 bits per heavy atom. The summed E-state index contributed by atoms with van der Waals surface area (Å²) in [5.74, 6) is -0.884. The lowest BCUT2D eigenvalue weighted by atomic mass is 10.0. The molecular formula is C12H9BrO2. The lowest BCUT2D eigenvalue weighted by molar-refractivity contribution is 0.0696. The van der Waals surface area contributed by atoms with Crippen molar-refractivity contribution in [2.75, 3.05) is 0 Å². The van der Waals surface area contributed by atoms with Crippen molar-refractivity contribution in [3.05, 3.63) is 45.9 Å². The van der Waals surface area contributed by atoms with Crippen molar-refractivity contribution < 1.29 is 9.90 Å². The van der Waals surface area contributed by atoms with E-state index in [-0.39, 0.29) is 0 Å². The van der Waals surface area contributed by atoms with Gasteiger partial charge in [-0.3, -0.25) is 0 Å². The molecule has 0 saturated heterocycles. The van der Waals surface area contributed by atoms with Crippen LogP contribution >= 0.6 is 15.9 Å². The third-order valence-electron chi connectivity index (χ3n) is 2.48. The largest absolute Gasteiger partial charge is 0.478 e. The molecule has 0 fully saturated rings. The predicted octanol–water partition coefficient (Wildman–Crippen LogP) is 3.61. The maximum atomic E-state index is 11.0. The number of carboxylic acids is 1. The molecule has 0 aromatic heterocycles. The SMILES string of the molecule is Cc1c(C(=O)O)ccc2cccc(Br)c12. The van der Waals surface area contributed by atoms with Gasteiger partial charge in [0.2, 0.25) is 0 Å². The van der Waals surface area contributed by atoms with E-state index in [1.165, 1.54) is 0 Å². The number of carboxylic acid groups (broad SMARTS) is 1. The van der Waals surface area contributed by atoms with Gasteiger partial charge in [0, 0.05) is 4.47 Å². The van der Waals surface area contributed by atoms with Crippen LogP contribution in [0.5, 0.6) is 0 Å². The third kappa shape index (κ3) is 1.63. The van der Waals surface area contributed by atoms with Crippen LogP contribution in [-0.4, -0.2) is 11.1 Å². The zero-order valence-electron chi connectivity index (χ0n) is 8.12. The zero-order chi connectivity index (χ0) is 11.0. The van der Waals surface area contributed by atoms with Gasteiger partial charge in [0.05, 0.1) is 5.56 Å². The van der Waals surface area contributed by atoms with Crippen LogP contribution in [0.15, 0.2) is 34.8 Å². The van der Waals surface area contributed by atoms with Crippen LogP contribution in [-0.2, 0) is 0 Å². The van der Waals surface area contributed by atoms with Crippen molar-refractivity contribution in [2.45, 2.75) is 6.92 Å². The maximum Gasteiger partial charge on any atom is 0.335 e. The van der Waals surface area contributed by atoms with E-state index in [0.29, 0.717) is 5.56 Å². The molecule has 2 aromatic rings. The normalized spacial score (nSPS) is 10.5. The molecule has 2 rings (SSSR count). The van der Waals surface area contributed by atoms with Gasteiger partial charge >= 0.3 is 5.97 Å². The second-order valence-electron chi connectivity index (χ2n) is 3.38. The molecule has 0 bridgehead atoms. The fraction of sp³-hybridized carbons (Fsp3) is 0.0833. The summed E-state index contributed by atoms with van der Waals surface area (Å²) >= 11 is 3.44. The Bertz CT molecular complexity index is 547. The number of halogens is 1. The van der Waals surface area contributed by atoms with Gasteiger partial charge in [0.1, 0.15) is 0 Å². The summed E-state index contributed by atoms with van der Waals surface area (Å²) in [7, 11) is 0. The van der Waals surface area contributed by atoms with E-state index in [0.717, 1.165) is 20.8 Å². The summed E-state index contributed by atoms with van der Waals surface area (Å²) in [4.78, 5) is 11.0. The number of fused-ring (bicyclic) bond motifs is 1. The van der Waals surface area contributed by atoms with Gasteiger partial charge in [-0.2, -0.15) is 0 Å². The van der Waals surface area contributed by atoms with E-state index in [4.69, 9.17) is 5.11 Å². The van der Waals surface area contributed by atoms with Crippen molar-refractivity contribution in [1.82, 2.24) is 0 Å². The van der Waals surface area contributed by atoms with Gasteiger partial charge in [0.15, 0.2) is 0 Å². The fourth-order valence-corrected chi connectivity index (χ4v) is 2.42. The van der Waals surface area contributed by atoms with Gasteiger partial charge in [-0.05, 0) is 35.4 Å². The van der Waals surface area contributed by atoms with Crippen molar-refractivity contribution in [1.29, 1.82) is 0 Å². The lowest BCUT2D eigenvalue weighted by Crippen LogP contribution is -1.99. The number of aromatic carboxylic acids is 1. The van der Waals surface area contributed by atoms with E-state index in [1.807, 2.05) is 31.2 Å². The summed E-state index contributed by atoms with van der Waals surface area (Å²) in [5.41, 5.74) is 1.15. The van der Waals surface area contributed by atoms with Crippen LogP contribution in [0.4, 0.5) is 0 Å². The quantitative estimate of drug-likeness (QED) is 0.855. The van der Waals surface area contributed by atoms with E-state index in [1.54, 1.807) is 6.07 Å². The van der Waals surface area contributed by atoms with Gasteiger partial charge in [-0.1, -0.05) is 34.1 Å². The standard InChI is InChI=1S/C12H9BrO2/c1-7-9(12(14)15)6-5-8-3-2-4-10(13)11(7)8/h2-6H,1H3,(H,14,15). The molecule has 0 spiro atoms. The summed E-state index contributed by atoms with van der Waals surface area (Å²) < 4.78 is 0.931. The first kappa shape index (κ1) is 10.2. The van der Waals surface area contributed by atoms with Gasteiger partial charge in [-0.15, -0.1) is 0 Å². The molecule has 2 nitrogen and oxygen atoms in total. The smallest absolute Gasteiger partial charge is 0.335 e. The third-order valence-corrected chi connectivity index (χ3v) is 3.15.